The second-order valence-corrected chi connectivity index (χ2v) is 7.44. The van der Waals surface area contributed by atoms with Gasteiger partial charge in [0.25, 0.3) is 0 Å². The Morgan fingerprint density at radius 3 is 2.35 bits per heavy atom. The van der Waals surface area contributed by atoms with E-state index in [0.29, 0.717) is 12.2 Å². The highest BCUT2D eigenvalue weighted by Crippen LogP contribution is 2.10. The molecule has 6 heteroatoms. The van der Waals surface area contributed by atoms with Crippen LogP contribution in [0.25, 0.3) is 0 Å². The molecule has 1 aromatic rings. The van der Waals surface area contributed by atoms with E-state index in [0.717, 1.165) is 5.56 Å². The summed E-state index contributed by atoms with van der Waals surface area (Å²) in [6.45, 7) is 4.13. The van der Waals surface area contributed by atoms with E-state index in [1.54, 1.807) is 12.1 Å². The van der Waals surface area contributed by atoms with Crippen molar-refractivity contribution in [1.82, 2.24) is 0 Å². The minimum absolute atomic E-state index is 0.0201. The zero-order valence-corrected chi connectivity index (χ0v) is 12.7. The zero-order chi connectivity index (χ0) is 15.2. The number of sulfone groups is 1. The molecule has 0 aromatic heterocycles. The molecule has 1 amide bonds. The maximum absolute atomic E-state index is 11.7. The number of carbonyl (C=O) groups is 1. The van der Waals surface area contributed by atoms with E-state index >= 15 is 0 Å². The highest BCUT2D eigenvalue weighted by molar-refractivity contribution is 7.91. The van der Waals surface area contributed by atoms with Crippen molar-refractivity contribution in [2.45, 2.75) is 26.8 Å². The molecule has 0 aliphatic heterocycles. The molecule has 0 bridgehead atoms. The summed E-state index contributed by atoms with van der Waals surface area (Å²) in [5, 5.41) is 2.67. The van der Waals surface area contributed by atoms with Gasteiger partial charge in [-0.2, -0.15) is 0 Å². The largest absolute Gasteiger partial charge is 0.326 e. The monoisotopic (exact) mass is 298 g/mol. The first kappa shape index (κ1) is 16.7. The van der Waals surface area contributed by atoms with Gasteiger partial charge in [-0.05, 0) is 23.6 Å². The predicted molar refractivity (Wildman–Crippen MR) is 81.1 cm³/mol. The van der Waals surface area contributed by atoms with Crippen LogP contribution in [-0.4, -0.2) is 25.8 Å². The second kappa shape index (κ2) is 7.40. The Morgan fingerprint density at radius 2 is 1.85 bits per heavy atom. The van der Waals surface area contributed by atoms with Crippen LogP contribution in [0.3, 0.4) is 0 Å². The van der Waals surface area contributed by atoms with Gasteiger partial charge in [-0.25, -0.2) is 8.42 Å². The maximum Gasteiger partial charge on any atom is 0.225 e. The normalized spacial score (nSPS) is 11.6. The molecule has 0 heterocycles. The molecule has 0 aliphatic carbocycles. The van der Waals surface area contributed by atoms with E-state index in [-0.39, 0.29) is 29.8 Å². The van der Waals surface area contributed by atoms with E-state index < -0.39 is 9.84 Å². The van der Waals surface area contributed by atoms with Crippen molar-refractivity contribution in [3.8, 4) is 0 Å². The van der Waals surface area contributed by atoms with Crippen LogP contribution < -0.4 is 11.1 Å². The molecule has 20 heavy (non-hydrogen) atoms. The number of nitrogens with one attached hydrogen (secondary N) is 1. The number of nitrogens with two attached hydrogens (primary N) is 1. The number of anilines is 1. The molecule has 0 aliphatic rings. The molecule has 3 N–H and O–H groups in total. The van der Waals surface area contributed by atoms with E-state index in [2.05, 4.69) is 5.32 Å². The average Bonchev–Trinajstić information content (AvgIpc) is 2.36. The first-order valence-corrected chi connectivity index (χ1v) is 8.44. The van der Waals surface area contributed by atoms with Crippen molar-refractivity contribution in [3.05, 3.63) is 29.8 Å². The lowest BCUT2D eigenvalue weighted by Gasteiger charge is -2.08. The van der Waals surface area contributed by atoms with Gasteiger partial charge in [-0.3, -0.25) is 4.79 Å². The van der Waals surface area contributed by atoms with Crippen molar-refractivity contribution >= 4 is 21.4 Å². The fraction of sp³-hybridized carbons (Fsp3) is 0.500. The molecule has 0 radical (unpaired) electrons. The van der Waals surface area contributed by atoms with Gasteiger partial charge in [-0.1, -0.05) is 26.0 Å². The molecule has 1 aromatic carbocycles. The highest BCUT2D eigenvalue weighted by Gasteiger charge is 2.15. The van der Waals surface area contributed by atoms with Crippen molar-refractivity contribution in [1.29, 1.82) is 0 Å². The summed E-state index contributed by atoms with van der Waals surface area (Å²) in [7, 11) is -3.16. The van der Waals surface area contributed by atoms with Crippen LogP contribution in [0.2, 0.25) is 0 Å². The van der Waals surface area contributed by atoms with Crippen molar-refractivity contribution < 1.29 is 13.2 Å². The van der Waals surface area contributed by atoms with Gasteiger partial charge in [0.2, 0.25) is 5.91 Å². The van der Waals surface area contributed by atoms with Crippen LogP contribution in [0.1, 0.15) is 25.8 Å². The zero-order valence-electron chi connectivity index (χ0n) is 11.9. The Hall–Kier alpha value is -1.40. The van der Waals surface area contributed by atoms with Crippen LogP contribution in [-0.2, 0) is 21.2 Å². The Labute approximate surface area is 120 Å². The third-order valence-corrected chi connectivity index (χ3v) is 4.70. The van der Waals surface area contributed by atoms with Crippen molar-refractivity contribution in [2.75, 3.05) is 16.8 Å². The van der Waals surface area contributed by atoms with Crippen molar-refractivity contribution in [2.24, 2.45) is 11.7 Å². The lowest BCUT2D eigenvalue weighted by atomic mass is 10.2. The third kappa shape index (κ3) is 6.16. The van der Waals surface area contributed by atoms with Gasteiger partial charge < -0.3 is 11.1 Å². The third-order valence-electron chi connectivity index (χ3n) is 2.70. The molecule has 0 atom stereocenters. The average molecular weight is 298 g/mol. The lowest BCUT2D eigenvalue weighted by molar-refractivity contribution is -0.115. The quantitative estimate of drug-likeness (QED) is 0.799. The SMILES string of the molecule is CC(C)CS(=O)(=O)CCC(=O)Nc1ccc(CN)cc1. The van der Waals surface area contributed by atoms with Crippen LogP contribution in [0, 0.1) is 5.92 Å². The number of hydrogen-bond donors (Lipinski definition) is 2. The topological polar surface area (TPSA) is 89.3 Å². The second-order valence-electron chi connectivity index (χ2n) is 5.21. The highest BCUT2D eigenvalue weighted by atomic mass is 32.2. The van der Waals surface area contributed by atoms with Gasteiger partial charge in [-0.15, -0.1) is 0 Å². The minimum Gasteiger partial charge on any atom is -0.326 e. The first-order chi connectivity index (χ1) is 9.32. The maximum atomic E-state index is 11.7. The summed E-state index contributed by atoms with van der Waals surface area (Å²) in [6, 6.07) is 7.15. The predicted octanol–water partition coefficient (Wildman–Crippen LogP) is 1.54. The van der Waals surface area contributed by atoms with Crippen molar-refractivity contribution in [3.63, 3.8) is 0 Å². The van der Waals surface area contributed by atoms with E-state index in [9.17, 15) is 13.2 Å². The number of rotatable bonds is 7. The molecule has 0 spiro atoms. The Morgan fingerprint density at radius 1 is 1.25 bits per heavy atom. The molecular weight excluding hydrogens is 276 g/mol. The van der Waals surface area contributed by atoms with Gasteiger partial charge in [0.05, 0.1) is 11.5 Å². The lowest BCUT2D eigenvalue weighted by Crippen LogP contribution is -2.20. The van der Waals surface area contributed by atoms with Crippen LogP contribution >= 0.6 is 0 Å². The number of hydrogen-bond acceptors (Lipinski definition) is 4. The summed E-state index contributed by atoms with van der Waals surface area (Å²) in [4.78, 5) is 11.7. The van der Waals surface area contributed by atoms with Crippen LogP contribution in [0.4, 0.5) is 5.69 Å². The molecule has 0 saturated carbocycles. The minimum atomic E-state index is -3.16. The summed E-state index contributed by atoms with van der Waals surface area (Å²) in [6.07, 6.45) is -0.0201. The summed E-state index contributed by atoms with van der Waals surface area (Å²) in [5.74, 6) is -0.215. The van der Waals surface area contributed by atoms with Gasteiger partial charge >= 0.3 is 0 Å². The summed E-state index contributed by atoms with van der Waals surface area (Å²) < 4.78 is 23.4. The first-order valence-electron chi connectivity index (χ1n) is 6.61. The fourth-order valence-corrected chi connectivity index (χ4v) is 3.47. The van der Waals surface area contributed by atoms with Crippen LogP contribution in [0.15, 0.2) is 24.3 Å². The Bertz CT molecular complexity index is 536. The molecule has 5 nitrogen and oxygen atoms in total. The van der Waals surface area contributed by atoms with Gasteiger partial charge in [0.1, 0.15) is 0 Å². The molecule has 0 saturated heterocycles. The number of benzene rings is 1. The van der Waals surface area contributed by atoms with Gasteiger partial charge in [0, 0.05) is 18.7 Å². The number of amides is 1. The Kier molecular flexibility index (Phi) is 6.16. The molecule has 112 valence electrons. The van der Waals surface area contributed by atoms with Gasteiger partial charge in [0.15, 0.2) is 9.84 Å². The van der Waals surface area contributed by atoms with E-state index in [4.69, 9.17) is 5.73 Å². The van der Waals surface area contributed by atoms with E-state index in [1.165, 1.54) is 0 Å². The molecular formula is C14H22N2O3S. The molecule has 0 fully saturated rings. The Balaban J connectivity index is 2.47. The standard InChI is InChI=1S/C14H22N2O3S/c1-11(2)10-20(18,19)8-7-14(17)16-13-5-3-12(9-15)4-6-13/h3-6,11H,7-10,15H2,1-2H3,(H,16,17). The fourth-order valence-electron chi connectivity index (χ4n) is 1.79. The van der Waals surface area contributed by atoms with Crippen LogP contribution in [0.5, 0.6) is 0 Å². The smallest absolute Gasteiger partial charge is 0.225 e. The number of carbonyl (C=O) groups excluding carboxylic acids is 1. The summed E-state index contributed by atoms with van der Waals surface area (Å²) in [5.41, 5.74) is 7.10. The summed E-state index contributed by atoms with van der Waals surface area (Å²) >= 11 is 0. The van der Waals surface area contributed by atoms with E-state index in [1.807, 2.05) is 26.0 Å². The molecule has 0 unspecified atom stereocenters. The molecule has 1 rings (SSSR count).